The molecule has 0 unspecified atom stereocenters. The van der Waals surface area contributed by atoms with E-state index in [4.69, 9.17) is 0 Å². The molecular weight excluding hydrogens is 196 g/mol. The maximum absolute atomic E-state index is 11.8. The molecule has 1 aliphatic rings. The third-order valence-electron chi connectivity index (χ3n) is 2.94. The highest BCUT2D eigenvalue weighted by atomic mass is 32.1. The van der Waals surface area contributed by atoms with Crippen molar-refractivity contribution in [3.8, 4) is 0 Å². The molecule has 1 aliphatic carbocycles. The molecule has 0 aromatic carbocycles. The Morgan fingerprint density at radius 3 is 2.43 bits per heavy atom. The van der Waals surface area contributed by atoms with Gasteiger partial charge in [-0.2, -0.15) is 0 Å². The zero-order valence-electron chi connectivity index (χ0n) is 8.08. The molecule has 14 heavy (non-hydrogen) atoms. The van der Waals surface area contributed by atoms with Crippen LogP contribution in [0.3, 0.4) is 0 Å². The van der Waals surface area contributed by atoms with Crippen LogP contribution < -0.4 is 0 Å². The van der Waals surface area contributed by atoms with E-state index in [-0.39, 0.29) is 11.6 Å². The summed E-state index contributed by atoms with van der Waals surface area (Å²) < 4.78 is 0. The summed E-state index contributed by atoms with van der Waals surface area (Å²) in [5, 5.41) is 1.91. The second-order valence-electron chi connectivity index (χ2n) is 3.80. The molecule has 0 spiro atoms. The number of carbonyl (C=O) groups excluding carboxylic acids is 2. The SMILES string of the molecule is CC1(c2cccs2)C(=O)CCCC1=O. The largest absolute Gasteiger partial charge is 0.298 e. The van der Waals surface area contributed by atoms with Crippen molar-refractivity contribution in [3.05, 3.63) is 22.4 Å². The fourth-order valence-electron chi connectivity index (χ4n) is 1.90. The normalized spacial score (nSPS) is 21.2. The van der Waals surface area contributed by atoms with E-state index in [1.165, 1.54) is 11.3 Å². The van der Waals surface area contributed by atoms with Gasteiger partial charge in [0.05, 0.1) is 0 Å². The molecule has 74 valence electrons. The molecule has 0 saturated heterocycles. The van der Waals surface area contributed by atoms with E-state index in [0.29, 0.717) is 12.8 Å². The lowest BCUT2D eigenvalue weighted by Gasteiger charge is -2.29. The van der Waals surface area contributed by atoms with Crippen molar-refractivity contribution < 1.29 is 9.59 Å². The minimum Gasteiger partial charge on any atom is -0.298 e. The van der Waals surface area contributed by atoms with E-state index >= 15 is 0 Å². The van der Waals surface area contributed by atoms with Crippen LogP contribution >= 0.6 is 11.3 Å². The van der Waals surface area contributed by atoms with Gasteiger partial charge in [-0.05, 0) is 24.8 Å². The standard InChI is InChI=1S/C11H12O2S/c1-11(10-6-3-7-14-10)8(12)4-2-5-9(11)13/h3,6-7H,2,4-5H2,1H3. The van der Waals surface area contributed by atoms with Gasteiger partial charge < -0.3 is 0 Å². The number of thiophene rings is 1. The van der Waals surface area contributed by atoms with Crippen molar-refractivity contribution in [2.45, 2.75) is 31.6 Å². The number of rotatable bonds is 1. The maximum Gasteiger partial charge on any atom is 0.151 e. The lowest BCUT2D eigenvalue weighted by atomic mass is 9.72. The second kappa shape index (κ2) is 3.31. The van der Waals surface area contributed by atoms with E-state index in [0.717, 1.165) is 11.3 Å². The zero-order valence-corrected chi connectivity index (χ0v) is 8.89. The van der Waals surface area contributed by atoms with Gasteiger partial charge in [-0.1, -0.05) is 6.07 Å². The zero-order chi connectivity index (χ0) is 10.2. The van der Waals surface area contributed by atoms with Gasteiger partial charge in [0.2, 0.25) is 0 Å². The van der Waals surface area contributed by atoms with Gasteiger partial charge in [0.1, 0.15) is 5.41 Å². The number of Topliss-reactive ketones (excluding diaryl/α,β-unsaturated/α-hetero) is 2. The highest BCUT2D eigenvalue weighted by molar-refractivity contribution is 7.10. The van der Waals surface area contributed by atoms with E-state index in [1.807, 2.05) is 17.5 Å². The van der Waals surface area contributed by atoms with Crippen LogP contribution in [-0.4, -0.2) is 11.6 Å². The highest BCUT2D eigenvalue weighted by Crippen LogP contribution is 2.35. The molecule has 2 rings (SSSR count). The summed E-state index contributed by atoms with van der Waals surface area (Å²) in [5.41, 5.74) is -0.841. The molecule has 2 nitrogen and oxygen atoms in total. The number of hydrogen-bond donors (Lipinski definition) is 0. The predicted molar refractivity (Wildman–Crippen MR) is 55.5 cm³/mol. The first-order valence-corrected chi connectivity index (χ1v) is 5.64. The second-order valence-corrected chi connectivity index (χ2v) is 4.75. The molecule has 1 saturated carbocycles. The first-order chi connectivity index (χ1) is 6.65. The molecule has 1 aromatic heterocycles. The fourth-order valence-corrected chi connectivity index (χ4v) is 2.83. The van der Waals surface area contributed by atoms with Gasteiger partial charge >= 0.3 is 0 Å². The van der Waals surface area contributed by atoms with Crippen LogP contribution in [0, 0.1) is 0 Å². The van der Waals surface area contributed by atoms with Crippen LogP contribution in [0.5, 0.6) is 0 Å². The van der Waals surface area contributed by atoms with Crippen LogP contribution in [0.1, 0.15) is 31.1 Å². The summed E-state index contributed by atoms with van der Waals surface area (Å²) in [6.07, 6.45) is 1.80. The smallest absolute Gasteiger partial charge is 0.151 e. The molecule has 1 fully saturated rings. The molecule has 3 heteroatoms. The van der Waals surface area contributed by atoms with E-state index in [2.05, 4.69) is 0 Å². The Hall–Kier alpha value is -0.960. The average Bonchev–Trinajstić information content (AvgIpc) is 2.67. The molecule has 0 aliphatic heterocycles. The van der Waals surface area contributed by atoms with Gasteiger partial charge in [-0.3, -0.25) is 9.59 Å². The number of ketones is 2. The molecule has 0 N–H and O–H groups in total. The van der Waals surface area contributed by atoms with Gasteiger partial charge in [0, 0.05) is 17.7 Å². The van der Waals surface area contributed by atoms with Gasteiger partial charge in [-0.25, -0.2) is 0 Å². The highest BCUT2D eigenvalue weighted by Gasteiger charge is 2.44. The topological polar surface area (TPSA) is 34.1 Å². The molecule has 0 amide bonds. The molecule has 1 aromatic rings. The van der Waals surface area contributed by atoms with Crippen molar-refractivity contribution in [2.75, 3.05) is 0 Å². The lowest BCUT2D eigenvalue weighted by Crippen LogP contribution is -2.43. The van der Waals surface area contributed by atoms with Gasteiger partial charge in [-0.15, -0.1) is 11.3 Å². The van der Waals surface area contributed by atoms with Crippen molar-refractivity contribution in [1.82, 2.24) is 0 Å². The van der Waals surface area contributed by atoms with Crippen LogP contribution in [0.25, 0.3) is 0 Å². The van der Waals surface area contributed by atoms with Gasteiger partial charge in [0.25, 0.3) is 0 Å². The molecule has 0 bridgehead atoms. The van der Waals surface area contributed by atoms with Crippen molar-refractivity contribution in [2.24, 2.45) is 0 Å². The quantitative estimate of drug-likeness (QED) is 0.664. The Balaban J connectivity index is 2.46. The Morgan fingerprint density at radius 2 is 1.93 bits per heavy atom. The fraction of sp³-hybridized carbons (Fsp3) is 0.455. The van der Waals surface area contributed by atoms with E-state index < -0.39 is 5.41 Å². The summed E-state index contributed by atoms with van der Waals surface area (Å²) in [6.45, 7) is 1.77. The van der Waals surface area contributed by atoms with E-state index in [9.17, 15) is 9.59 Å². The van der Waals surface area contributed by atoms with Crippen LogP contribution in [-0.2, 0) is 15.0 Å². The summed E-state index contributed by atoms with van der Waals surface area (Å²) in [7, 11) is 0. The third-order valence-corrected chi connectivity index (χ3v) is 4.03. The Morgan fingerprint density at radius 1 is 1.29 bits per heavy atom. The summed E-state index contributed by atoms with van der Waals surface area (Å²) >= 11 is 1.49. The Labute approximate surface area is 86.9 Å². The third kappa shape index (κ3) is 1.23. The molecule has 0 atom stereocenters. The summed E-state index contributed by atoms with van der Waals surface area (Å²) in [4.78, 5) is 24.5. The minimum absolute atomic E-state index is 0.0798. The lowest BCUT2D eigenvalue weighted by molar-refractivity contribution is -0.137. The summed E-state index contributed by atoms with van der Waals surface area (Å²) in [5.74, 6) is 0.160. The predicted octanol–water partition coefficient (Wildman–Crippen LogP) is 2.33. The molecule has 0 radical (unpaired) electrons. The average molecular weight is 208 g/mol. The Bertz CT molecular complexity index is 349. The Kier molecular flexibility index (Phi) is 2.27. The monoisotopic (exact) mass is 208 g/mol. The number of hydrogen-bond acceptors (Lipinski definition) is 3. The molecule has 1 heterocycles. The minimum atomic E-state index is -0.841. The van der Waals surface area contributed by atoms with Gasteiger partial charge in [0.15, 0.2) is 11.6 Å². The first-order valence-electron chi connectivity index (χ1n) is 4.76. The van der Waals surface area contributed by atoms with E-state index in [1.54, 1.807) is 6.92 Å². The van der Waals surface area contributed by atoms with Crippen molar-refractivity contribution in [3.63, 3.8) is 0 Å². The van der Waals surface area contributed by atoms with Crippen LogP contribution in [0.2, 0.25) is 0 Å². The maximum atomic E-state index is 11.8. The van der Waals surface area contributed by atoms with Crippen molar-refractivity contribution in [1.29, 1.82) is 0 Å². The summed E-state index contributed by atoms with van der Waals surface area (Å²) in [6, 6.07) is 3.77. The molecular formula is C11H12O2S. The number of carbonyl (C=O) groups is 2. The van der Waals surface area contributed by atoms with Crippen LogP contribution in [0.15, 0.2) is 17.5 Å². The van der Waals surface area contributed by atoms with Crippen LogP contribution in [0.4, 0.5) is 0 Å². The first kappa shape index (κ1) is 9.59. The van der Waals surface area contributed by atoms with Crippen molar-refractivity contribution >= 4 is 22.9 Å².